The van der Waals surface area contributed by atoms with E-state index in [1.807, 2.05) is 42.5 Å². The molecule has 0 amide bonds. The Morgan fingerprint density at radius 3 is 2.64 bits per heavy atom. The first-order valence-corrected chi connectivity index (χ1v) is 9.25. The largest absolute Gasteiger partial charge is 0.488 e. The lowest BCUT2D eigenvalue weighted by atomic mass is 10.2. The van der Waals surface area contributed by atoms with Crippen LogP contribution in [0.3, 0.4) is 0 Å². The summed E-state index contributed by atoms with van der Waals surface area (Å²) in [7, 11) is 0. The van der Waals surface area contributed by atoms with Crippen LogP contribution in [0.5, 0.6) is 5.75 Å². The van der Waals surface area contributed by atoms with Gasteiger partial charge in [-0.3, -0.25) is 15.5 Å². The predicted molar refractivity (Wildman–Crippen MR) is 112 cm³/mol. The molecule has 3 aromatic rings. The number of hydrogen-bond donors (Lipinski definition) is 1. The first kappa shape index (κ1) is 19.8. The van der Waals surface area contributed by atoms with Gasteiger partial charge >= 0.3 is 0 Å². The average molecular weight is 462 g/mol. The number of ether oxygens (including phenoxy) is 1. The fourth-order valence-corrected chi connectivity index (χ4v) is 2.83. The number of rotatable bonds is 7. The van der Waals surface area contributed by atoms with E-state index in [9.17, 15) is 10.1 Å². The maximum absolute atomic E-state index is 10.6. The van der Waals surface area contributed by atoms with Crippen LogP contribution in [0.25, 0.3) is 0 Å². The molecule has 0 saturated carbocycles. The summed E-state index contributed by atoms with van der Waals surface area (Å²) in [6.07, 6.45) is 2.78. The number of anilines is 1. The fraction of sp³-hybridized carbons (Fsp3) is 0.0526. The first-order valence-electron chi connectivity index (χ1n) is 8.07. The van der Waals surface area contributed by atoms with Gasteiger partial charge in [-0.2, -0.15) is 5.10 Å². The Morgan fingerprint density at radius 2 is 2.00 bits per heavy atom. The van der Waals surface area contributed by atoms with E-state index in [1.54, 1.807) is 6.21 Å². The van der Waals surface area contributed by atoms with Gasteiger partial charge in [0.15, 0.2) is 0 Å². The van der Waals surface area contributed by atoms with Crippen LogP contribution in [0.1, 0.15) is 11.1 Å². The molecule has 1 aromatic heterocycles. The van der Waals surface area contributed by atoms with Gasteiger partial charge in [-0.1, -0.05) is 23.7 Å². The summed E-state index contributed by atoms with van der Waals surface area (Å²) < 4.78 is 6.60. The number of halogens is 2. The Bertz CT molecular complexity index is 995. The Labute approximate surface area is 174 Å². The zero-order chi connectivity index (χ0) is 19.9. The summed E-state index contributed by atoms with van der Waals surface area (Å²) in [5, 5.41) is 15.4. The van der Waals surface area contributed by atoms with Crippen LogP contribution >= 0.6 is 27.5 Å². The number of nitro groups is 1. The highest BCUT2D eigenvalue weighted by atomic mass is 79.9. The summed E-state index contributed by atoms with van der Waals surface area (Å²) in [4.78, 5) is 14.0. The second kappa shape index (κ2) is 9.29. The van der Waals surface area contributed by atoms with Crippen LogP contribution in [0.15, 0.2) is 70.4 Å². The molecule has 0 aliphatic carbocycles. The van der Waals surface area contributed by atoms with Crippen molar-refractivity contribution < 1.29 is 9.66 Å². The smallest absolute Gasteiger partial charge is 0.287 e. The maximum atomic E-state index is 10.6. The highest BCUT2D eigenvalue weighted by Crippen LogP contribution is 2.26. The van der Waals surface area contributed by atoms with E-state index in [1.165, 1.54) is 18.3 Å². The van der Waals surface area contributed by atoms with Crippen LogP contribution in [-0.2, 0) is 6.61 Å². The molecule has 1 N–H and O–H groups in total. The molecule has 142 valence electrons. The van der Waals surface area contributed by atoms with E-state index in [0.717, 1.165) is 15.6 Å². The van der Waals surface area contributed by atoms with Crippen molar-refractivity contribution >= 4 is 45.3 Å². The third kappa shape index (κ3) is 5.51. The molecule has 0 fully saturated rings. The third-order valence-electron chi connectivity index (χ3n) is 3.61. The van der Waals surface area contributed by atoms with Crippen molar-refractivity contribution in [1.82, 2.24) is 4.98 Å². The summed E-state index contributed by atoms with van der Waals surface area (Å²) in [6, 6.07) is 15.9. The van der Waals surface area contributed by atoms with Crippen LogP contribution in [0, 0.1) is 10.1 Å². The van der Waals surface area contributed by atoms with Gasteiger partial charge in [-0.15, -0.1) is 0 Å². The van der Waals surface area contributed by atoms with Crippen LogP contribution in [-0.4, -0.2) is 16.1 Å². The minimum atomic E-state index is -0.506. The van der Waals surface area contributed by atoms with Gasteiger partial charge in [-0.25, -0.2) is 4.98 Å². The van der Waals surface area contributed by atoms with E-state index in [2.05, 4.69) is 31.4 Å². The molecule has 1 heterocycles. The Hall–Kier alpha value is -2.97. The predicted octanol–water partition coefficient (Wildman–Crippen LogP) is 5.43. The molecule has 7 nitrogen and oxygen atoms in total. The standard InChI is InChI=1S/C19H14BrClN4O3/c20-17-9-14(10-23-24-19-8-6-16(11-22-19)25(26)27)3-7-18(17)28-12-13-1-4-15(21)5-2-13/h1-11H,12H2,(H,22,24)/b23-10+. The number of nitrogens with one attached hydrogen (secondary N) is 1. The fourth-order valence-electron chi connectivity index (χ4n) is 2.19. The average Bonchev–Trinajstić information content (AvgIpc) is 2.69. The lowest BCUT2D eigenvalue weighted by Gasteiger charge is -2.09. The van der Waals surface area contributed by atoms with Gasteiger partial charge in [0.1, 0.15) is 24.4 Å². The second-order valence-corrected chi connectivity index (χ2v) is 6.92. The molecule has 0 aliphatic heterocycles. The van der Waals surface area contributed by atoms with E-state index >= 15 is 0 Å². The molecular weight excluding hydrogens is 448 g/mol. The van der Waals surface area contributed by atoms with Gasteiger partial charge < -0.3 is 4.74 Å². The molecule has 0 atom stereocenters. The summed E-state index contributed by atoms with van der Waals surface area (Å²) >= 11 is 9.36. The normalized spacial score (nSPS) is 10.8. The highest BCUT2D eigenvalue weighted by Gasteiger charge is 2.05. The number of hydrazone groups is 1. The molecule has 0 bridgehead atoms. The molecule has 9 heteroatoms. The topological polar surface area (TPSA) is 89.7 Å². The minimum Gasteiger partial charge on any atom is -0.488 e. The van der Waals surface area contributed by atoms with Crippen LogP contribution in [0.4, 0.5) is 11.5 Å². The van der Waals surface area contributed by atoms with Crippen molar-refractivity contribution in [3.63, 3.8) is 0 Å². The van der Waals surface area contributed by atoms with E-state index < -0.39 is 4.92 Å². The monoisotopic (exact) mass is 460 g/mol. The van der Waals surface area contributed by atoms with Gasteiger partial charge in [0.25, 0.3) is 5.69 Å². The zero-order valence-corrected chi connectivity index (χ0v) is 16.7. The van der Waals surface area contributed by atoms with E-state index in [-0.39, 0.29) is 5.69 Å². The Morgan fingerprint density at radius 1 is 1.21 bits per heavy atom. The molecule has 0 aliphatic rings. The molecule has 0 radical (unpaired) electrons. The second-order valence-electron chi connectivity index (χ2n) is 5.63. The van der Waals surface area contributed by atoms with Crippen LogP contribution in [0.2, 0.25) is 5.02 Å². The van der Waals surface area contributed by atoms with Crippen molar-refractivity contribution in [2.75, 3.05) is 5.43 Å². The van der Waals surface area contributed by atoms with Gasteiger partial charge in [0.05, 0.1) is 15.6 Å². The third-order valence-corrected chi connectivity index (χ3v) is 4.49. The molecule has 3 rings (SSSR count). The minimum absolute atomic E-state index is 0.0763. The Balaban J connectivity index is 1.57. The van der Waals surface area contributed by atoms with Gasteiger partial charge in [-0.05, 0) is 63.5 Å². The van der Waals surface area contributed by atoms with E-state index in [0.29, 0.717) is 23.2 Å². The number of benzene rings is 2. The number of nitrogens with zero attached hydrogens (tertiary/aromatic N) is 3. The first-order chi connectivity index (χ1) is 13.5. The molecule has 2 aromatic carbocycles. The molecule has 0 unspecified atom stereocenters. The number of hydrogen-bond acceptors (Lipinski definition) is 6. The lowest BCUT2D eigenvalue weighted by Crippen LogP contribution is -1.97. The van der Waals surface area contributed by atoms with Crippen molar-refractivity contribution in [3.05, 3.63) is 91.5 Å². The number of pyridine rings is 1. The zero-order valence-electron chi connectivity index (χ0n) is 14.4. The van der Waals surface area contributed by atoms with E-state index in [4.69, 9.17) is 16.3 Å². The number of aromatic nitrogens is 1. The summed E-state index contributed by atoms with van der Waals surface area (Å²) in [5.41, 5.74) is 4.50. The SMILES string of the molecule is O=[N+]([O-])c1ccc(N/N=C/c2ccc(OCc3ccc(Cl)cc3)c(Br)c2)nc1. The highest BCUT2D eigenvalue weighted by molar-refractivity contribution is 9.10. The quantitative estimate of drug-likeness (QED) is 0.288. The molecule has 28 heavy (non-hydrogen) atoms. The van der Waals surface area contributed by atoms with Crippen molar-refractivity contribution in [2.45, 2.75) is 6.61 Å². The summed E-state index contributed by atoms with van der Waals surface area (Å²) in [6.45, 7) is 0.427. The van der Waals surface area contributed by atoms with Crippen molar-refractivity contribution in [3.8, 4) is 5.75 Å². The van der Waals surface area contributed by atoms with Crippen LogP contribution < -0.4 is 10.2 Å². The maximum Gasteiger partial charge on any atom is 0.287 e. The van der Waals surface area contributed by atoms with Gasteiger partial charge in [0, 0.05) is 11.1 Å². The summed E-state index contributed by atoms with van der Waals surface area (Å²) in [5.74, 6) is 1.11. The molecule has 0 spiro atoms. The van der Waals surface area contributed by atoms with Crippen molar-refractivity contribution in [2.24, 2.45) is 5.10 Å². The van der Waals surface area contributed by atoms with Crippen molar-refractivity contribution in [1.29, 1.82) is 0 Å². The molecule has 0 saturated heterocycles. The molecular formula is C19H14BrClN4O3. The van der Waals surface area contributed by atoms with Gasteiger partial charge in [0.2, 0.25) is 0 Å². The Kier molecular flexibility index (Phi) is 6.57. The lowest BCUT2D eigenvalue weighted by molar-refractivity contribution is -0.385.